The first-order valence-electron chi connectivity index (χ1n) is 0.986. The number of hydrogen-bond acceptors (Lipinski definition) is 0. The van der Waals surface area contributed by atoms with Gasteiger partial charge in [-0.3, -0.25) is 0 Å². The minimum Gasteiger partial charge on any atom is -1.00 e. The molecule has 0 aromatic heterocycles. The van der Waals surface area contributed by atoms with Crippen molar-refractivity contribution in [3.05, 3.63) is 12.7 Å². The van der Waals surface area contributed by atoms with E-state index in [1.807, 2.05) is 6.92 Å². The zero-order valence-corrected chi connectivity index (χ0v) is 8.20. The van der Waals surface area contributed by atoms with Gasteiger partial charge >= 0.3 is 67.3 Å². The van der Waals surface area contributed by atoms with Crippen LogP contribution in [-0.4, -0.2) is 37.7 Å². The Balaban J connectivity index is -0.00000000200. The van der Waals surface area contributed by atoms with Gasteiger partial charge in [-0.1, -0.05) is 6.08 Å². The Kier molecular flexibility index (Phi) is 52.5. The SMILES string of the molecule is C=CC.[Ca+2].[H-].[H-].[H-].[Na+]. The number of allylic oxidation sites excluding steroid dienone is 1. The summed E-state index contributed by atoms with van der Waals surface area (Å²) in [6.07, 6.45) is 1.75. The Morgan fingerprint density at radius 3 is 1.80 bits per heavy atom. The second kappa shape index (κ2) is 16.7. The molecule has 0 saturated heterocycles. The van der Waals surface area contributed by atoms with Gasteiger partial charge in [0.1, 0.15) is 0 Å². The van der Waals surface area contributed by atoms with Gasteiger partial charge in [-0.2, -0.15) is 0 Å². The summed E-state index contributed by atoms with van der Waals surface area (Å²) in [6, 6.07) is 0. The van der Waals surface area contributed by atoms with E-state index in [0.29, 0.717) is 0 Å². The summed E-state index contributed by atoms with van der Waals surface area (Å²) < 4.78 is 0. The van der Waals surface area contributed by atoms with Gasteiger partial charge in [-0.15, -0.1) is 6.58 Å². The van der Waals surface area contributed by atoms with Crippen molar-refractivity contribution in [2.75, 3.05) is 0 Å². The Hall–Kier alpha value is 2.00. The monoisotopic (exact) mass is 108 g/mol. The molecule has 0 aromatic carbocycles. The molecule has 0 nitrogen and oxygen atoms in total. The van der Waals surface area contributed by atoms with E-state index in [1.165, 1.54) is 0 Å². The van der Waals surface area contributed by atoms with E-state index in [1.54, 1.807) is 6.08 Å². The summed E-state index contributed by atoms with van der Waals surface area (Å²) in [5.41, 5.74) is 0. The van der Waals surface area contributed by atoms with Gasteiger partial charge in [0, 0.05) is 0 Å². The third-order valence-corrected chi connectivity index (χ3v) is 0. The maximum Gasteiger partial charge on any atom is 2.00 e. The molecule has 0 atom stereocenters. The summed E-state index contributed by atoms with van der Waals surface area (Å²) in [7, 11) is 0. The topological polar surface area (TPSA) is 0 Å². The van der Waals surface area contributed by atoms with Crippen molar-refractivity contribution in [2.24, 2.45) is 0 Å². The van der Waals surface area contributed by atoms with Crippen LogP contribution in [0.1, 0.15) is 11.2 Å². The van der Waals surface area contributed by atoms with Crippen LogP contribution >= 0.6 is 0 Å². The molecule has 0 aliphatic carbocycles. The number of hydrogen-bond donors (Lipinski definition) is 0. The first-order valence-corrected chi connectivity index (χ1v) is 0.986. The molecular weight excluding hydrogens is 99.1 g/mol. The fraction of sp³-hybridized carbons (Fsp3) is 0.333. The molecule has 0 fully saturated rings. The normalized spacial score (nSPS) is 2.60. The first kappa shape index (κ1) is 15.8. The molecule has 24 valence electrons. The van der Waals surface area contributed by atoms with Crippen LogP contribution in [0.4, 0.5) is 0 Å². The van der Waals surface area contributed by atoms with Crippen LogP contribution < -0.4 is 29.6 Å². The molecule has 0 rings (SSSR count). The van der Waals surface area contributed by atoms with Crippen molar-refractivity contribution in [2.45, 2.75) is 6.92 Å². The van der Waals surface area contributed by atoms with Crippen LogP contribution in [-0.2, 0) is 0 Å². The third-order valence-electron chi connectivity index (χ3n) is 0. The average Bonchev–Trinajstić information content (AvgIpc) is 0.918. The maximum atomic E-state index is 3.36. The van der Waals surface area contributed by atoms with E-state index in [4.69, 9.17) is 0 Å². The summed E-state index contributed by atoms with van der Waals surface area (Å²) in [5, 5.41) is 0. The molecule has 0 spiro atoms. The quantitative estimate of drug-likeness (QED) is 0.252. The van der Waals surface area contributed by atoms with E-state index in [9.17, 15) is 0 Å². The van der Waals surface area contributed by atoms with E-state index < -0.39 is 0 Å². The predicted octanol–water partition coefficient (Wildman–Crippen LogP) is -1.85. The fourth-order valence-corrected chi connectivity index (χ4v) is 0. The molecule has 0 aromatic rings. The van der Waals surface area contributed by atoms with Gasteiger partial charge in [0.05, 0.1) is 0 Å². The van der Waals surface area contributed by atoms with E-state index in [0.717, 1.165) is 0 Å². The van der Waals surface area contributed by atoms with Gasteiger partial charge in [0.15, 0.2) is 0 Å². The number of rotatable bonds is 0. The standard InChI is InChI=1S/C3H6.Ca.Na.3H/c1-3-2;;;;;/h3H,1H2,2H3;;;;;/q;+2;+1;3*-1. The van der Waals surface area contributed by atoms with Gasteiger partial charge in [0.25, 0.3) is 0 Å². The van der Waals surface area contributed by atoms with Crippen molar-refractivity contribution < 1.29 is 33.8 Å². The summed E-state index contributed by atoms with van der Waals surface area (Å²) in [6.45, 7) is 5.25. The smallest absolute Gasteiger partial charge is 1.00 e. The Labute approximate surface area is 89.8 Å². The first-order chi connectivity index (χ1) is 1.41. The summed E-state index contributed by atoms with van der Waals surface area (Å²) >= 11 is 0. The molecular formula is C3H9CaNa. The maximum absolute atomic E-state index is 3.36. The molecule has 0 aliphatic rings. The largest absolute Gasteiger partial charge is 2.00 e. The van der Waals surface area contributed by atoms with E-state index in [2.05, 4.69) is 6.58 Å². The van der Waals surface area contributed by atoms with Gasteiger partial charge < -0.3 is 4.28 Å². The van der Waals surface area contributed by atoms with Crippen LogP contribution in [0.3, 0.4) is 0 Å². The van der Waals surface area contributed by atoms with Crippen LogP contribution in [0.2, 0.25) is 0 Å². The zero-order chi connectivity index (χ0) is 2.71. The van der Waals surface area contributed by atoms with Crippen LogP contribution in [0.5, 0.6) is 0 Å². The molecule has 2 heteroatoms. The van der Waals surface area contributed by atoms with Crippen LogP contribution in [0, 0.1) is 0 Å². The third kappa shape index (κ3) is 24.0. The fourth-order valence-electron chi connectivity index (χ4n) is 0. The molecule has 0 unspecified atom stereocenters. The van der Waals surface area contributed by atoms with Crippen LogP contribution in [0.15, 0.2) is 12.7 Å². The van der Waals surface area contributed by atoms with Gasteiger partial charge in [-0.25, -0.2) is 0 Å². The molecule has 0 heterocycles. The van der Waals surface area contributed by atoms with Crippen molar-refractivity contribution in [1.82, 2.24) is 0 Å². The van der Waals surface area contributed by atoms with E-state index in [-0.39, 0.29) is 71.6 Å². The molecule has 0 N–H and O–H groups in total. The molecule has 0 radical (unpaired) electrons. The Bertz CT molecular complexity index is 22.0. The minimum atomic E-state index is 0. The Morgan fingerprint density at radius 2 is 1.80 bits per heavy atom. The molecule has 0 saturated carbocycles. The molecule has 0 amide bonds. The summed E-state index contributed by atoms with van der Waals surface area (Å²) in [4.78, 5) is 0. The summed E-state index contributed by atoms with van der Waals surface area (Å²) in [5.74, 6) is 0. The Morgan fingerprint density at radius 1 is 1.80 bits per heavy atom. The molecule has 0 bridgehead atoms. The van der Waals surface area contributed by atoms with Crippen molar-refractivity contribution in [3.8, 4) is 0 Å². The second-order valence-corrected chi connectivity index (χ2v) is 0.408. The second-order valence-electron chi connectivity index (χ2n) is 0.408. The van der Waals surface area contributed by atoms with Crippen molar-refractivity contribution in [1.29, 1.82) is 0 Å². The minimum absolute atomic E-state index is 0. The van der Waals surface area contributed by atoms with Crippen LogP contribution in [0.25, 0.3) is 0 Å². The zero-order valence-electron chi connectivity index (χ0n) is 6.99. The molecule has 5 heavy (non-hydrogen) atoms. The van der Waals surface area contributed by atoms with Crippen molar-refractivity contribution in [3.63, 3.8) is 0 Å². The van der Waals surface area contributed by atoms with E-state index >= 15 is 0 Å². The average molecular weight is 108 g/mol. The molecule has 0 aliphatic heterocycles. The predicted molar refractivity (Wildman–Crippen MR) is 25.0 cm³/mol. The van der Waals surface area contributed by atoms with Crippen molar-refractivity contribution >= 4 is 37.7 Å². The van der Waals surface area contributed by atoms with Gasteiger partial charge in [-0.05, 0) is 6.92 Å². The van der Waals surface area contributed by atoms with Gasteiger partial charge in [0.2, 0.25) is 0 Å².